The molecule has 0 bridgehead atoms. The molecule has 3 heteroatoms. The van der Waals surface area contributed by atoms with Crippen molar-refractivity contribution in [3.8, 4) is 12.3 Å². The molecule has 0 saturated heterocycles. The molecule has 9 atom stereocenters. The Hall–Kier alpha value is -0.590. The Kier molecular flexibility index (Phi) is 4.44. The zero-order valence-electron chi connectivity index (χ0n) is 15.5. The first-order chi connectivity index (χ1) is 11.9. The second-order valence-corrected chi connectivity index (χ2v) is 9.72. The summed E-state index contributed by atoms with van der Waals surface area (Å²) in [5.74, 6) is 5.94. The van der Waals surface area contributed by atoms with Gasteiger partial charge in [-0.15, -0.1) is 6.42 Å². The summed E-state index contributed by atoms with van der Waals surface area (Å²) in [7, 11) is 0. The molecule has 0 spiro atoms. The van der Waals surface area contributed by atoms with Crippen LogP contribution in [-0.4, -0.2) is 28.6 Å². The van der Waals surface area contributed by atoms with E-state index in [9.17, 15) is 14.6 Å². The third-order valence-corrected chi connectivity index (χ3v) is 8.92. The van der Waals surface area contributed by atoms with Gasteiger partial charge in [0.15, 0.2) is 0 Å². The Morgan fingerprint density at radius 2 is 1.92 bits per heavy atom. The molecular formula is C22H33FO2. The average Bonchev–Trinajstić information content (AvgIpc) is 2.86. The van der Waals surface area contributed by atoms with E-state index in [1.165, 1.54) is 12.8 Å². The standard InChI is InChI=1S/C22H33FO2/c1-3-22(25)10-8-19-18-6-4-14-12-16(24)5-7-17(14)20(18)15(9-11-23)13-21(19,22)2/h1,14-20,24-25H,4-13H2,2H3/t14-,15-,16+,17-,18-,19-,20+,21-,22+/m0/s1. The van der Waals surface area contributed by atoms with E-state index in [0.29, 0.717) is 48.3 Å². The molecule has 4 aliphatic rings. The third kappa shape index (κ3) is 2.51. The van der Waals surface area contributed by atoms with Gasteiger partial charge in [-0.05, 0) is 93.3 Å². The quantitative estimate of drug-likeness (QED) is 0.742. The molecule has 0 unspecified atom stereocenters. The molecule has 0 heterocycles. The molecule has 0 aromatic heterocycles. The van der Waals surface area contributed by atoms with Crippen LogP contribution in [0.2, 0.25) is 0 Å². The maximum Gasteiger partial charge on any atom is 0.130 e. The van der Waals surface area contributed by atoms with Gasteiger partial charge in [0.05, 0.1) is 12.8 Å². The predicted octanol–water partition coefficient (Wildman–Crippen LogP) is 3.95. The van der Waals surface area contributed by atoms with Crippen LogP contribution in [0.5, 0.6) is 0 Å². The lowest BCUT2D eigenvalue weighted by molar-refractivity contribution is -0.139. The first kappa shape index (κ1) is 17.8. The highest BCUT2D eigenvalue weighted by molar-refractivity contribution is 5.23. The summed E-state index contributed by atoms with van der Waals surface area (Å²) in [5, 5.41) is 21.2. The van der Waals surface area contributed by atoms with Gasteiger partial charge in [-0.3, -0.25) is 4.39 Å². The molecule has 0 aliphatic heterocycles. The fraction of sp³-hybridized carbons (Fsp3) is 0.909. The van der Waals surface area contributed by atoms with Crippen LogP contribution in [0.4, 0.5) is 4.39 Å². The number of hydrogen-bond acceptors (Lipinski definition) is 2. The lowest BCUT2D eigenvalue weighted by Crippen LogP contribution is -2.56. The van der Waals surface area contributed by atoms with Crippen LogP contribution >= 0.6 is 0 Å². The van der Waals surface area contributed by atoms with Gasteiger partial charge in [0.25, 0.3) is 0 Å². The van der Waals surface area contributed by atoms with Crippen LogP contribution < -0.4 is 0 Å². The van der Waals surface area contributed by atoms with Crippen LogP contribution in [0.3, 0.4) is 0 Å². The first-order valence-electron chi connectivity index (χ1n) is 10.4. The number of halogens is 1. The van der Waals surface area contributed by atoms with Crippen molar-refractivity contribution in [2.45, 2.75) is 76.4 Å². The Morgan fingerprint density at radius 1 is 1.16 bits per heavy atom. The topological polar surface area (TPSA) is 40.5 Å². The number of terminal acetylenes is 1. The van der Waals surface area contributed by atoms with Crippen LogP contribution in [-0.2, 0) is 0 Å². The van der Waals surface area contributed by atoms with Gasteiger partial charge in [0.2, 0.25) is 0 Å². The second-order valence-electron chi connectivity index (χ2n) is 9.72. The first-order valence-corrected chi connectivity index (χ1v) is 10.4. The molecule has 4 rings (SSSR count). The van der Waals surface area contributed by atoms with E-state index >= 15 is 0 Å². The lowest BCUT2D eigenvalue weighted by Gasteiger charge is -2.59. The molecule has 2 N–H and O–H groups in total. The summed E-state index contributed by atoms with van der Waals surface area (Å²) < 4.78 is 13.4. The molecule has 0 aromatic rings. The van der Waals surface area contributed by atoms with Crippen molar-refractivity contribution in [1.29, 1.82) is 0 Å². The van der Waals surface area contributed by atoms with Gasteiger partial charge in [0, 0.05) is 5.41 Å². The van der Waals surface area contributed by atoms with E-state index < -0.39 is 5.60 Å². The van der Waals surface area contributed by atoms with Crippen LogP contribution in [0.25, 0.3) is 0 Å². The summed E-state index contributed by atoms with van der Waals surface area (Å²) >= 11 is 0. The maximum absolute atomic E-state index is 13.4. The lowest BCUT2D eigenvalue weighted by atomic mass is 9.46. The summed E-state index contributed by atoms with van der Waals surface area (Å²) in [6.07, 6.45) is 14.1. The maximum atomic E-state index is 13.4. The van der Waals surface area contributed by atoms with Gasteiger partial charge in [0.1, 0.15) is 5.60 Å². The van der Waals surface area contributed by atoms with Gasteiger partial charge in [-0.2, -0.15) is 0 Å². The third-order valence-electron chi connectivity index (χ3n) is 8.92. The van der Waals surface area contributed by atoms with E-state index in [1.54, 1.807) is 0 Å². The van der Waals surface area contributed by atoms with E-state index in [4.69, 9.17) is 6.42 Å². The van der Waals surface area contributed by atoms with Crippen molar-refractivity contribution in [3.05, 3.63) is 0 Å². The molecule has 4 fully saturated rings. The second kappa shape index (κ2) is 6.24. The normalized spacial score (nSPS) is 54.9. The van der Waals surface area contributed by atoms with Crippen LogP contribution in [0.15, 0.2) is 0 Å². The minimum absolute atomic E-state index is 0.135. The minimum atomic E-state index is -1.02. The van der Waals surface area contributed by atoms with Gasteiger partial charge in [-0.1, -0.05) is 12.8 Å². The molecule has 4 saturated carbocycles. The summed E-state index contributed by atoms with van der Waals surface area (Å²) in [4.78, 5) is 0. The molecule has 2 nitrogen and oxygen atoms in total. The number of aliphatic hydroxyl groups excluding tert-OH is 1. The number of hydrogen-bond donors (Lipinski definition) is 2. The van der Waals surface area contributed by atoms with Crippen molar-refractivity contribution in [1.82, 2.24) is 0 Å². The number of rotatable bonds is 2. The molecule has 4 aliphatic carbocycles. The highest BCUT2D eigenvalue weighted by Crippen LogP contribution is 2.67. The van der Waals surface area contributed by atoms with Gasteiger partial charge in [-0.25, -0.2) is 0 Å². The highest BCUT2D eigenvalue weighted by atomic mass is 19.1. The highest BCUT2D eigenvalue weighted by Gasteiger charge is 2.64. The summed E-state index contributed by atoms with van der Waals surface area (Å²) in [5.41, 5.74) is -1.28. The summed E-state index contributed by atoms with van der Waals surface area (Å²) in [6, 6.07) is 0. The van der Waals surface area contributed by atoms with E-state index in [1.807, 2.05) is 0 Å². The Balaban J connectivity index is 1.68. The van der Waals surface area contributed by atoms with Crippen molar-refractivity contribution >= 4 is 0 Å². The summed E-state index contributed by atoms with van der Waals surface area (Å²) in [6.45, 7) is 1.91. The number of aliphatic hydroxyl groups is 2. The molecule has 0 aromatic carbocycles. The van der Waals surface area contributed by atoms with Crippen molar-refractivity contribution in [3.63, 3.8) is 0 Å². The minimum Gasteiger partial charge on any atom is -0.393 e. The van der Waals surface area contributed by atoms with E-state index in [2.05, 4.69) is 12.8 Å². The Bertz CT molecular complexity index is 557. The van der Waals surface area contributed by atoms with E-state index in [-0.39, 0.29) is 18.2 Å². The number of alkyl halides is 1. The molecule has 140 valence electrons. The Labute approximate surface area is 151 Å². The molecule has 0 radical (unpaired) electrons. The monoisotopic (exact) mass is 348 g/mol. The molecule has 25 heavy (non-hydrogen) atoms. The average molecular weight is 349 g/mol. The molecular weight excluding hydrogens is 315 g/mol. The zero-order chi connectivity index (χ0) is 17.8. The van der Waals surface area contributed by atoms with Crippen molar-refractivity contribution < 1.29 is 14.6 Å². The van der Waals surface area contributed by atoms with E-state index in [0.717, 1.165) is 32.1 Å². The van der Waals surface area contributed by atoms with Crippen molar-refractivity contribution in [2.75, 3.05) is 6.67 Å². The SMILES string of the molecule is C#C[C@@]1(O)CC[C@H]2[C@@H]3CC[C@H]4C[C@H](O)CC[C@@H]4[C@H]3[C@@H](CCF)C[C@@]21C. The van der Waals surface area contributed by atoms with Crippen molar-refractivity contribution in [2.24, 2.45) is 40.9 Å². The van der Waals surface area contributed by atoms with Crippen LogP contribution in [0.1, 0.15) is 64.7 Å². The fourth-order valence-electron chi connectivity index (χ4n) is 7.82. The molecule has 0 amide bonds. The number of fused-ring (bicyclic) bond motifs is 5. The van der Waals surface area contributed by atoms with Crippen LogP contribution in [0, 0.1) is 53.3 Å². The predicted molar refractivity (Wildman–Crippen MR) is 96.4 cm³/mol. The van der Waals surface area contributed by atoms with Gasteiger partial charge < -0.3 is 10.2 Å². The fourth-order valence-corrected chi connectivity index (χ4v) is 7.82. The smallest absolute Gasteiger partial charge is 0.130 e. The van der Waals surface area contributed by atoms with Gasteiger partial charge >= 0.3 is 0 Å². The zero-order valence-corrected chi connectivity index (χ0v) is 15.5. The largest absolute Gasteiger partial charge is 0.393 e. The Morgan fingerprint density at radius 3 is 2.64 bits per heavy atom.